The Kier molecular flexibility index (Phi) is 5.77. The minimum absolute atomic E-state index is 0.00407. The van der Waals surface area contributed by atoms with Crippen LogP contribution < -0.4 is 4.74 Å². The van der Waals surface area contributed by atoms with E-state index < -0.39 is 10.2 Å². The zero-order chi connectivity index (χ0) is 15.3. The van der Waals surface area contributed by atoms with E-state index in [9.17, 15) is 8.42 Å². The number of halogens is 1. The molecule has 0 atom stereocenters. The number of nitrogens with zero attached hydrogens (tertiary/aromatic N) is 3. The zero-order valence-corrected chi connectivity index (χ0v) is 13.1. The van der Waals surface area contributed by atoms with Crippen molar-refractivity contribution in [1.29, 1.82) is 5.26 Å². The maximum atomic E-state index is 12.1. The van der Waals surface area contributed by atoms with Gasteiger partial charge in [0.15, 0.2) is 0 Å². The standard InChI is InChI=1S/C12H16ClN3O3S/c1-15(2)20(17,18)16(7-6-14)9-10-8-11(19-3)4-5-12(10)13/h4-5,8H,7,9H2,1-3H3. The van der Waals surface area contributed by atoms with Crippen molar-refractivity contribution in [2.75, 3.05) is 27.7 Å². The summed E-state index contributed by atoms with van der Waals surface area (Å²) >= 11 is 6.05. The van der Waals surface area contributed by atoms with Crippen molar-refractivity contribution in [3.05, 3.63) is 28.8 Å². The molecule has 6 nitrogen and oxygen atoms in total. The molecule has 0 amide bonds. The first-order valence-electron chi connectivity index (χ1n) is 5.70. The van der Waals surface area contributed by atoms with Crippen LogP contribution in [0.1, 0.15) is 5.56 Å². The lowest BCUT2D eigenvalue weighted by Crippen LogP contribution is -2.39. The molecule has 0 aromatic heterocycles. The highest BCUT2D eigenvalue weighted by molar-refractivity contribution is 7.86. The molecule has 0 saturated carbocycles. The number of methoxy groups -OCH3 is 1. The van der Waals surface area contributed by atoms with Gasteiger partial charge in [-0.25, -0.2) is 0 Å². The Labute approximate surface area is 124 Å². The van der Waals surface area contributed by atoms with Crippen molar-refractivity contribution in [2.24, 2.45) is 0 Å². The molecule has 0 aliphatic heterocycles. The first kappa shape index (κ1) is 16.7. The lowest BCUT2D eigenvalue weighted by atomic mass is 10.2. The van der Waals surface area contributed by atoms with Crippen LogP contribution in [0.25, 0.3) is 0 Å². The summed E-state index contributed by atoms with van der Waals surface area (Å²) in [7, 11) is 0.639. The lowest BCUT2D eigenvalue weighted by molar-refractivity contribution is 0.392. The van der Waals surface area contributed by atoms with Gasteiger partial charge in [0.05, 0.1) is 13.2 Å². The molecular weight excluding hydrogens is 302 g/mol. The summed E-state index contributed by atoms with van der Waals surface area (Å²) in [4.78, 5) is 0. The molecule has 1 aromatic carbocycles. The topological polar surface area (TPSA) is 73.6 Å². The summed E-state index contributed by atoms with van der Waals surface area (Å²) < 4.78 is 31.4. The predicted octanol–water partition coefficient (Wildman–Crippen LogP) is 1.48. The minimum Gasteiger partial charge on any atom is -0.497 e. The number of benzene rings is 1. The minimum atomic E-state index is -3.69. The number of nitriles is 1. The molecular formula is C12H16ClN3O3S. The quantitative estimate of drug-likeness (QED) is 0.745. The van der Waals surface area contributed by atoms with Gasteiger partial charge in [-0.1, -0.05) is 11.6 Å². The van der Waals surface area contributed by atoms with Gasteiger partial charge in [0.25, 0.3) is 10.2 Å². The fraction of sp³-hybridized carbons (Fsp3) is 0.417. The molecule has 0 unspecified atom stereocenters. The Hall–Kier alpha value is -1.33. The third-order valence-electron chi connectivity index (χ3n) is 2.63. The highest BCUT2D eigenvalue weighted by Crippen LogP contribution is 2.24. The maximum absolute atomic E-state index is 12.1. The van der Waals surface area contributed by atoms with Crippen LogP contribution in [0.2, 0.25) is 5.02 Å². The van der Waals surface area contributed by atoms with Crippen LogP contribution in [0.3, 0.4) is 0 Å². The van der Waals surface area contributed by atoms with E-state index in [0.29, 0.717) is 16.3 Å². The van der Waals surface area contributed by atoms with Gasteiger partial charge >= 0.3 is 0 Å². The summed E-state index contributed by atoms with van der Waals surface area (Å²) in [5.74, 6) is 0.573. The third kappa shape index (κ3) is 3.84. The molecule has 0 bridgehead atoms. The van der Waals surface area contributed by atoms with Gasteiger partial charge in [-0.05, 0) is 23.8 Å². The fourth-order valence-electron chi connectivity index (χ4n) is 1.52. The summed E-state index contributed by atoms with van der Waals surface area (Å²) in [6.07, 6.45) is 0. The molecule has 0 saturated heterocycles. The molecule has 20 heavy (non-hydrogen) atoms. The molecule has 8 heteroatoms. The average molecular weight is 318 g/mol. The van der Waals surface area contributed by atoms with E-state index in [2.05, 4.69) is 0 Å². The molecule has 0 heterocycles. The van der Waals surface area contributed by atoms with E-state index in [0.717, 1.165) is 8.61 Å². The van der Waals surface area contributed by atoms with Gasteiger partial charge < -0.3 is 4.74 Å². The molecule has 1 rings (SSSR count). The predicted molar refractivity (Wildman–Crippen MR) is 76.6 cm³/mol. The molecule has 0 radical (unpaired) electrons. The molecule has 0 aliphatic carbocycles. The molecule has 110 valence electrons. The van der Waals surface area contributed by atoms with Crippen molar-refractivity contribution >= 4 is 21.8 Å². The fourth-order valence-corrected chi connectivity index (χ4v) is 2.68. The van der Waals surface area contributed by atoms with E-state index >= 15 is 0 Å². The van der Waals surface area contributed by atoms with E-state index in [-0.39, 0.29) is 13.1 Å². The Balaban J connectivity index is 3.12. The Bertz CT molecular complexity index is 611. The van der Waals surface area contributed by atoms with Crippen LogP contribution in [-0.4, -0.2) is 44.8 Å². The molecule has 0 spiro atoms. The second-order valence-electron chi connectivity index (χ2n) is 4.17. The Morgan fingerprint density at radius 2 is 2.05 bits per heavy atom. The summed E-state index contributed by atoms with van der Waals surface area (Å²) in [5, 5.41) is 9.22. The van der Waals surface area contributed by atoms with Gasteiger partial charge in [0.1, 0.15) is 12.3 Å². The largest absolute Gasteiger partial charge is 0.497 e. The number of hydrogen-bond acceptors (Lipinski definition) is 4. The van der Waals surface area contributed by atoms with Crippen LogP contribution >= 0.6 is 11.6 Å². The highest BCUT2D eigenvalue weighted by atomic mass is 35.5. The van der Waals surface area contributed by atoms with E-state index in [4.69, 9.17) is 21.6 Å². The number of hydrogen-bond donors (Lipinski definition) is 0. The Morgan fingerprint density at radius 3 is 2.55 bits per heavy atom. The first-order chi connectivity index (χ1) is 9.32. The van der Waals surface area contributed by atoms with E-state index in [1.807, 2.05) is 6.07 Å². The summed E-state index contributed by atoms with van der Waals surface area (Å²) in [5.41, 5.74) is 0.576. The van der Waals surface area contributed by atoms with Crippen LogP contribution in [-0.2, 0) is 16.8 Å². The molecule has 0 fully saturated rings. The highest BCUT2D eigenvalue weighted by Gasteiger charge is 2.25. The normalized spacial score (nSPS) is 11.7. The van der Waals surface area contributed by atoms with Gasteiger partial charge in [0, 0.05) is 25.7 Å². The number of rotatable bonds is 6. The first-order valence-corrected chi connectivity index (χ1v) is 7.47. The average Bonchev–Trinajstić information content (AvgIpc) is 2.40. The second kappa shape index (κ2) is 6.90. The smallest absolute Gasteiger partial charge is 0.282 e. The van der Waals surface area contributed by atoms with Gasteiger partial charge in [0.2, 0.25) is 0 Å². The number of ether oxygens (including phenoxy) is 1. The zero-order valence-electron chi connectivity index (χ0n) is 11.5. The van der Waals surface area contributed by atoms with Crippen LogP contribution in [0.4, 0.5) is 0 Å². The second-order valence-corrected chi connectivity index (χ2v) is 6.72. The van der Waals surface area contributed by atoms with Crippen molar-refractivity contribution in [1.82, 2.24) is 8.61 Å². The van der Waals surface area contributed by atoms with Crippen LogP contribution in [0.5, 0.6) is 5.75 Å². The van der Waals surface area contributed by atoms with Crippen molar-refractivity contribution in [3.63, 3.8) is 0 Å². The van der Waals surface area contributed by atoms with Gasteiger partial charge in [-0.2, -0.15) is 22.3 Å². The Morgan fingerprint density at radius 1 is 1.40 bits per heavy atom. The summed E-state index contributed by atoms with van der Waals surface area (Å²) in [6.45, 7) is -0.252. The summed E-state index contributed by atoms with van der Waals surface area (Å²) in [6, 6.07) is 6.80. The molecule has 0 aliphatic rings. The van der Waals surface area contributed by atoms with Crippen molar-refractivity contribution in [3.8, 4) is 11.8 Å². The third-order valence-corrected chi connectivity index (χ3v) is 4.84. The van der Waals surface area contributed by atoms with Gasteiger partial charge in [-0.3, -0.25) is 0 Å². The molecule has 0 N–H and O–H groups in total. The van der Waals surface area contributed by atoms with Crippen LogP contribution in [0, 0.1) is 11.3 Å². The van der Waals surface area contributed by atoms with Crippen molar-refractivity contribution < 1.29 is 13.2 Å². The lowest BCUT2D eigenvalue weighted by Gasteiger charge is -2.23. The maximum Gasteiger partial charge on any atom is 0.282 e. The van der Waals surface area contributed by atoms with E-state index in [1.54, 1.807) is 18.2 Å². The van der Waals surface area contributed by atoms with E-state index in [1.165, 1.54) is 21.2 Å². The van der Waals surface area contributed by atoms with Gasteiger partial charge in [-0.15, -0.1) is 0 Å². The monoisotopic (exact) mass is 317 g/mol. The van der Waals surface area contributed by atoms with Crippen molar-refractivity contribution in [2.45, 2.75) is 6.54 Å². The SMILES string of the molecule is COc1ccc(Cl)c(CN(CC#N)S(=O)(=O)N(C)C)c1. The van der Waals surface area contributed by atoms with Crippen LogP contribution in [0.15, 0.2) is 18.2 Å². The molecule has 1 aromatic rings.